The lowest BCUT2D eigenvalue weighted by Gasteiger charge is -2.09. The van der Waals surface area contributed by atoms with Gasteiger partial charge in [0.2, 0.25) is 0 Å². The molecule has 5 heteroatoms. The number of carbonyl (C=O) groups is 1. The van der Waals surface area contributed by atoms with E-state index in [0.29, 0.717) is 18.7 Å². The van der Waals surface area contributed by atoms with Gasteiger partial charge >= 0.3 is 0 Å². The van der Waals surface area contributed by atoms with Gasteiger partial charge in [0, 0.05) is 23.0 Å². The molecule has 0 atom stereocenters. The summed E-state index contributed by atoms with van der Waals surface area (Å²) in [4.78, 5) is 16.9. The number of halogens is 1. The first-order valence-corrected chi connectivity index (χ1v) is 9.46. The summed E-state index contributed by atoms with van der Waals surface area (Å²) in [5.41, 5.74) is 3.93. The molecule has 0 aliphatic rings. The summed E-state index contributed by atoms with van der Waals surface area (Å²) >= 11 is 3.45. The molecule has 3 rings (SSSR count). The molecular formula is C21H22BrN3O. The molecule has 0 radical (unpaired) electrons. The Hall–Kier alpha value is -2.40. The quantitative estimate of drug-likeness (QED) is 0.576. The fourth-order valence-corrected chi connectivity index (χ4v) is 3.17. The van der Waals surface area contributed by atoms with Crippen LogP contribution in [0.2, 0.25) is 0 Å². The van der Waals surface area contributed by atoms with Gasteiger partial charge in [0.15, 0.2) is 0 Å². The summed E-state index contributed by atoms with van der Waals surface area (Å²) in [6.07, 6.45) is 1.62. The number of fused-ring (bicyclic) bond motifs is 1. The average molecular weight is 412 g/mol. The number of imidazole rings is 1. The van der Waals surface area contributed by atoms with Crippen LogP contribution in [0.15, 0.2) is 59.6 Å². The molecule has 4 nitrogen and oxygen atoms in total. The van der Waals surface area contributed by atoms with Gasteiger partial charge in [0.1, 0.15) is 5.82 Å². The van der Waals surface area contributed by atoms with Gasteiger partial charge in [0.25, 0.3) is 5.91 Å². The second kappa shape index (κ2) is 8.32. The Morgan fingerprint density at radius 2 is 1.92 bits per heavy atom. The monoisotopic (exact) mass is 411 g/mol. The molecule has 3 aromatic rings. The number of para-hydroxylation sites is 2. The van der Waals surface area contributed by atoms with Crippen LogP contribution in [0.3, 0.4) is 0 Å². The number of aromatic nitrogens is 2. The highest BCUT2D eigenvalue weighted by Crippen LogP contribution is 2.19. The molecule has 0 saturated heterocycles. The number of hydrogen-bond donors (Lipinski definition) is 1. The molecule has 0 fully saturated rings. The van der Waals surface area contributed by atoms with Crippen LogP contribution in [0.25, 0.3) is 11.0 Å². The SMILES string of the molecule is C=C(Br)Cn1c(CCCNC(=O)c2ccc(C)cc2)nc2ccccc21. The molecule has 2 aromatic carbocycles. The van der Waals surface area contributed by atoms with Gasteiger partial charge in [-0.05, 0) is 37.6 Å². The molecule has 0 aliphatic heterocycles. The number of hydrogen-bond acceptors (Lipinski definition) is 2. The van der Waals surface area contributed by atoms with Crippen LogP contribution in [0.1, 0.15) is 28.2 Å². The van der Waals surface area contributed by atoms with Gasteiger partial charge in [-0.25, -0.2) is 4.98 Å². The lowest BCUT2D eigenvalue weighted by Crippen LogP contribution is -2.25. The molecule has 1 heterocycles. The van der Waals surface area contributed by atoms with Crippen LogP contribution in [0, 0.1) is 6.92 Å². The average Bonchev–Trinajstić information content (AvgIpc) is 2.96. The summed E-state index contributed by atoms with van der Waals surface area (Å²) in [5.74, 6) is 0.976. The van der Waals surface area contributed by atoms with Crippen LogP contribution < -0.4 is 5.32 Å². The van der Waals surface area contributed by atoms with E-state index >= 15 is 0 Å². The van der Waals surface area contributed by atoms with Crippen molar-refractivity contribution in [1.82, 2.24) is 14.9 Å². The first-order valence-electron chi connectivity index (χ1n) is 8.67. The van der Waals surface area contributed by atoms with Gasteiger partial charge in [-0.2, -0.15) is 0 Å². The maximum atomic E-state index is 12.2. The highest BCUT2D eigenvalue weighted by atomic mass is 79.9. The molecule has 0 unspecified atom stereocenters. The van der Waals surface area contributed by atoms with E-state index in [4.69, 9.17) is 4.98 Å². The number of nitrogens with zero attached hydrogens (tertiary/aromatic N) is 2. The Morgan fingerprint density at radius 3 is 2.65 bits per heavy atom. The minimum atomic E-state index is -0.0349. The molecule has 1 amide bonds. The van der Waals surface area contributed by atoms with Crippen molar-refractivity contribution in [2.45, 2.75) is 26.3 Å². The van der Waals surface area contributed by atoms with Gasteiger partial charge in [-0.1, -0.05) is 52.3 Å². The van der Waals surface area contributed by atoms with Crippen molar-refractivity contribution in [3.8, 4) is 0 Å². The number of benzene rings is 2. The normalized spacial score (nSPS) is 10.8. The van der Waals surface area contributed by atoms with Crippen molar-refractivity contribution in [1.29, 1.82) is 0 Å². The summed E-state index contributed by atoms with van der Waals surface area (Å²) in [6, 6.07) is 15.7. The molecule has 0 bridgehead atoms. The lowest BCUT2D eigenvalue weighted by molar-refractivity contribution is 0.0953. The molecule has 0 saturated carbocycles. The summed E-state index contributed by atoms with van der Waals surface area (Å²) in [7, 11) is 0. The predicted molar refractivity (Wildman–Crippen MR) is 110 cm³/mol. The number of amides is 1. The number of allylic oxidation sites excluding steroid dienone is 1. The van der Waals surface area contributed by atoms with Gasteiger partial charge in [-0.3, -0.25) is 4.79 Å². The van der Waals surface area contributed by atoms with Gasteiger partial charge in [-0.15, -0.1) is 0 Å². The van der Waals surface area contributed by atoms with E-state index < -0.39 is 0 Å². The minimum Gasteiger partial charge on any atom is -0.352 e. The third kappa shape index (κ3) is 4.41. The third-order valence-corrected chi connectivity index (χ3v) is 4.49. The maximum Gasteiger partial charge on any atom is 0.251 e. The Kier molecular flexibility index (Phi) is 5.89. The van der Waals surface area contributed by atoms with Crippen LogP contribution >= 0.6 is 15.9 Å². The standard InChI is InChI=1S/C21H22BrN3O/c1-15-9-11-17(12-10-15)21(26)23-13-5-8-20-24-18-6-3-4-7-19(18)25(20)14-16(2)22/h3-4,6-7,9-12H,2,5,8,13-14H2,1H3,(H,23,26). The molecule has 26 heavy (non-hydrogen) atoms. The Labute approximate surface area is 162 Å². The van der Waals surface area contributed by atoms with Crippen molar-refractivity contribution in [2.24, 2.45) is 0 Å². The van der Waals surface area contributed by atoms with Crippen molar-refractivity contribution < 1.29 is 4.79 Å². The zero-order valence-electron chi connectivity index (χ0n) is 14.8. The topological polar surface area (TPSA) is 46.9 Å². The van der Waals surface area contributed by atoms with E-state index in [1.165, 1.54) is 0 Å². The molecule has 134 valence electrons. The lowest BCUT2D eigenvalue weighted by atomic mass is 10.1. The summed E-state index contributed by atoms with van der Waals surface area (Å²) in [6.45, 7) is 7.26. The molecule has 1 N–H and O–H groups in total. The Morgan fingerprint density at radius 1 is 1.19 bits per heavy atom. The Bertz CT molecular complexity index is 928. The van der Waals surface area contributed by atoms with Gasteiger partial charge < -0.3 is 9.88 Å². The first kappa shape index (κ1) is 18.4. The number of nitrogens with one attached hydrogen (secondary N) is 1. The van der Waals surface area contributed by atoms with E-state index in [0.717, 1.165) is 39.7 Å². The Balaban J connectivity index is 1.61. The van der Waals surface area contributed by atoms with Crippen LogP contribution in [0.4, 0.5) is 0 Å². The number of aryl methyl sites for hydroxylation is 2. The fourth-order valence-electron chi connectivity index (χ4n) is 2.92. The van der Waals surface area contributed by atoms with Crippen LogP contribution in [0.5, 0.6) is 0 Å². The zero-order valence-corrected chi connectivity index (χ0v) is 16.4. The second-order valence-electron chi connectivity index (χ2n) is 6.35. The van der Waals surface area contributed by atoms with Crippen LogP contribution in [-0.4, -0.2) is 22.0 Å². The summed E-state index contributed by atoms with van der Waals surface area (Å²) < 4.78 is 3.09. The highest BCUT2D eigenvalue weighted by Gasteiger charge is 2.11. The van der Waals surface area contributed by atoms with E-state index in [2.05, 4.69) is 38.5 Å². The first-order chi connectivity index (χ1) is 12.5. The van der Waals surface area contributed by atoms with E-state index in [9.17, 15) is 4.79 Å². The minimum absolute atomic E-state index is 0.0349. The van der Waals surface area contributed by atoms with Crippen molar-refractivity contribution in [3.05, 3.63) is 76.5 Å². The van der Waals surface area contributed by atoms with Gasteiger partial charge in [0.05, 0.1) is 17.6 Å². The molecule has 1 aromatic heterocycles. The van der Waals surface area contributed by atoms with E-state index in [-0.39, 0.29) is 5.91 Å². The fraction of sp³-hybridized carbons (Fsp3) is 0.238. The van der Waals surface area contributed by atoms with Crippen LogP contribution in [-0.2, 0) is 13.0 Å². The molecule has 0 aliphatic carbocycles. The third-order valence-electron chi connectivity index (χ3n) is 4.24. The predicted octanol–water partition coefficient (Wildman–Crippen LogP) is 4.62. The molecule has 0 spiro atoms. The maximum absolute atomic E-state index is 12.2. The largest absolute Gasteiger partial charge is 0.352 e. The van der Waals surface area contributed by atoms with Crippen molar-refractivity contribution in [2.75, 3.05) is 6.54 Å². The molecular weight excluding hydrogens is 390 g/mol. The number of rotatable bonds is 7. The highest BCUT2D eigenvalue weighted by molar-refractivity contribution is 9.11. The van der Waals surface area contributed by atoms with E-state index in [1.54, 1.807) is 0 Å². The van der Waals surface area contributed by atoms with Crippen molar-refractivity contribution in [3.63, 3.8) is 0 Å². The number of carbonyl (C=O) groups excluding carboxylic acids is 1. The second-order valence-corrected chi connectivity index (χ2v) is 7.47. The van der Waals surface area contributed by atoms with Crippen molar-refractivity contribution >= 4 is 32.9 Å². The smallest absolute Gasteiger partial charge is 0.251 e. The van der Waals surface area contributed by atoms with E-state index in [1.807, 2.05) is 49.4 Å². The zero-order chi connectivity index (χ0) is 18.5. The summed E-state index contributed by atoms with van der Waals surface area (Å²) in [5, 5.41) is 2.98.